The van der Waals surface area contributed by atoms with Crippen LogP contribution in [-0.2, 0) is 20.9 Å². The molecule has 0 aliphatic rings. The van der Waals surface area contributed by atoms with Crippen molar-refractivity contribution in [3.05, 3.63) is 44.6 Å². The first-order valence-electron chi connectivity index (χ1n) is 7.51. The lowest BCUT2D eigenvalue weighted by Gasteiger charge is -2.23. The lowest BCUT2D eigenvalue weighted by atomic mass is 10.1. The molecule has 0 bridgehead atoms. The van der Waals surface area contributed by atoms with Gasteiger partial charge in [0.1, 0.15) is 17.9 Å². The summed E-state index contributed by atoms with van der Waals surface area (Å²) < 4.78 is 19.1. The third-order valence-corrected chi connectivity index (χ3v) is 4.53. The number of esters is 1. The van der Waals surface area contributed by atoms with E-state index in [-0.39, 0.29) is 17.2 Å². The van der Waals surface area contributed by atoms with Gasteiger partial charge in [0.15, 0.2) is 0 Å². The summed E-state index contributed by atoms with van der Waals surface area (Å²) in [6, 6.07) is 5.69. The van der Waals surface area contributed by atoms with Gasteiger partial charge in [0.2, 0.25) is 5.91 Å². The van der Waals surface area contributed by atoms with Crippen LogP contribution in [0.15, 0.2) is 29.1 Å². The zero-order chi connectivity index (χ0) is 18.8. The van der Waals surface area contributed by atoms with Crippen LogP contribution in [0.5, 0.6) is 0 Å². The normalized spacial score (nSPS) is 11.2. The molecule has 6 nitrogen and oxygen atoms in total. The van der Waals surface area contributed by atoms with Gasteiger partial charge in [-0.3, -0.25) is 14.2 Å². The Kier molecular flexibility index (Phi) is 5.42. The molecule has 0 atom stereocenters. The van der Waals surface area contributed by atoms with Gasteiger partial charge in [0, 0.05) is 4.88 Å². The van der Waals surface area contributed by atoms with Gasteiger partial charge in [-0.2, -0.15) is 0 Å². The molecule has 8 heteroatoms. The summed E-state index contributed by atoms with van der Waals surface area (Å²) in [5.41, 5.74) is -0.0189. The molecule has 0 fully saturated rings. The van der Waals surface area contributed by atoms with Gasteiger partial charge < -0.3 is 10.1 Å². The number of aryl methyl sites for hydroxylation is 1. The van der Waals surface area contributed by atoms with E-state index >= 15 is 0 Å². The molecule has 1 aromatic heterocycles. The van der Waals surface area contributed by atoms with Crippen LogP contribution in [0.3, 0.4) is 0 Å². The quantitative estimate of drug-likeness (QED) is 0.822. The number of carbonyl (C=O) groups excluding carboxylic acids is 2. The maximum Gasteiger partial charge on any atom is 0.330 e. The fourth-order valence-electron chi connectivity index (χ4n) is 2.46. The Morgan fingerprint density at radius 2 is 1.88 bits per heavy atom. The van der Waals surface area contributed by atoms with E-state index in [9.17, 15) is 18.8 Å². The number of halogens is 1. The third kappa shape index (κ3) is 4.14. The zero-order valence-electron chi connectivity index (χ0n) is 14.4. The molecular formula is C17H19FN2O4S. The van der Waals surface area contributed by atoms with Gasteiger partial charge in [-0.1, -0.05) is 11.3 Å². The van der Waals surface area contributed by atoms with E-state index < -0.39 is 17.4 Å². The fourth-order valence-corrected chi connectivity index (χ4v) is 3.32. The Hall–Kier alpha value is -2.48. The second-order valence-electron chi connectivity index (χ2n) is 6.03. The highest BCUT2D eigenvalue weighted by Gasteiger charge is 2.31. The number of nitrogens with zero attached hydrogens (tertiary/aromatic N) is 1. The number of thiazole rings is 1. The van der Waals surface area contributed by atoms with Crippen LogP contribution >= 0.6 is 11.3 Å². The highest BCUT2D eigenvalue weighted by molar-refractivity contribution is 7.09. The first-order chi connectivity index (χ1) is 11.7. The molecule has 0 unspecified atom stereocenters. The standard InChI is InChI=1S/C17H19FN2O4S/c1-10-14(11-5-7-12(18)8-6-11)20(16(23)25-10)9-13(21)19-17(2,3)15(22)24-4/h5-8H,9H2,1-4H3,(H,19,21). The molecule has 1 N–H and O–H groups in total. The second kappa shape index (κ2) is 7.18. The number of carbonyl (C=O) groups is 2. The number of hydrogen-bond acceptors (Lipinski definition) is 5. The van der Waals surface area contributed by atoms with Crippen LogP contribution < -0.4 is 10.2 Å². The summed E-state index contributed by atoms with van der Waals surface area (Å²) >= 11 is 1.01. The maximum atomic E-state index is 13.1. The van der Waals surface area contributed by atoms with Crippen molar-refractivity contribution in [3.8, 4) is 11.3 Å². The van der Waals surface area contributed by atoms with Crippen molar-refractivity contribution in [2.45, 2.75) is 32.9 Å². The number of aromatic nitrogens is 1. The topological polar surface area (TPSA) is 77.4 Å². The minimum atomic E-state index is -1.21. The van der Waals surface area contributed by atoms with Crippen molar-refractivity contribution in [2.75, 3.05) is 7.11 Å². The molecule has 2 aromatic rings. The lowest BCUT2D eigenvalue weighted by molar-refractivity contribution is -0.149. The Balaban J connectivity index is 2.31. The Morgan fingerprint density at radius 3 is 2.44 bits per heavy atom. The molecule has 0 saturated carbocycles. The number of rotatable bonds is 5. The minimum absolute atomic E-state index is 0.254. The van der Waals surface area contributed by atoms with Crippen LogP contribution in [0.25, 0.3) is 11.3 Å². The number of benzene rings is 1. The van der Waals surface area contributed by atoms with Gasteiger partial charge in [-0.25, -0.2) is 9.18 Å². The summed E-state index contributed by atoms with van der Waals surface area (Å²) in [5, 5.41) is 2.55. The van der Waals surface area contributed by atoms with Crippen LogP contribution in [0.4, 0.5) is 4.39 Å². The number of hydrogen-bond donors (Lipinski definition) is 1. The monoisotopic (exact) mass is 366 g/mol. The molecule has 0 spiro atoms. The van der Waals surface area contributed by atoms with Gasteiger partial charge in [0.05, 0.1) is 12.8 Å². The Morgan fingerprint density at radius 1 is 1.28 bits per heavy atom. The Labute approximate surface area is 148 Å². The highest BCUT2D eigenvalue weighted by atomic mass is 32.1. The first-order valence-corrected chi connectivity index (χ1v) is 8.33. The molecule has 0 radical (unpaired) electrons. The van der Waals surface area contributed by atoms with Crippen molar-refractivity contribution in [2.24, 2.45) is 0 Å². The molecule has 134 valence electrons. The average molecular weight is 366 g/mol. The number of ether oxygens (including phenoxy) is 1. The van der Waals surface area contributed by atoms with E-state index in [1.54, 1.807) is 19.1 Å². The van der Waals surface area contributed by atoms with E-state index in [2.05, 4.69) is 10.1 Å². The third-order valence-electron chi connectivity index (χ3n) is 3.63. The van der Waals surface area contributed by atoms with Crippen molar-refractivity contribution >= 4 is 23.2 Å². The summed E-state index contributed by atoms with van der Waals surface area (Å²) in [7, 11) is 1.23. The predicted octanol–water partition coefficient (Wildman–Crippen LogP) is 2.09. The fraction of sp³-hybridized carbons (Fsp3) is 0.353. The first kappa shape index (κ1) is 18.9. The SMILES string of the molecule is COC(=O)C(C)(C)NC(=O)Cn1c(-c2ccc(F)cc2)c(C)sc1=O. The van der Waals surface area contributed by atoms with Crippen LogP contribution in [0.2, 0.25) is 0 Å². The molecule has 2 rings (SSSR count). The van der Waals surface area contributed by atoms with Gasteiger partial charge >= 0.3 is 10.8 Å². The average Bonchev–Trinajstić information content (AvgIpc) is 2.80. The van der Waals surface area contributed by atoms with E-state index in [0.29, 0.717) is 11.3 Å². The van der Waals surface area contributed by atoms with Crippen molar-refractivity contribution in [1.29, 1.82) is 0 Å². The predicted molar refractivity (Wildman–Crippen MR) is 92.9 cm³/mol. The van der Waals surface area contributed by atoms with Crippen molar-refractivity contribution in [3.63, 3.8) is 0 Å². The van der Waals surface area contributed by atoms with Gasteiger partial charge in [0.25, 0.3) is 0 Å². The molecule has 1 amide bonds. The summed E-state index contributed by atoms with van der Waals surface area (Å²) in [6.45, 7) is 4.53. The van der Waals surface area contributed by atoms with Crippen LogP contribution in [0, 0.1) is 12.7 Å². The van der Waals surface area contributed by atoms with E-state index in [0.717, 1.165) is 16.2 Å². The maximum absolute atomic E-state index is 13.1. The Bertz CT molecular complexity index is 853. The molecule has 1 aromatic carbocycles. The molecule has 0 aliphatic carbocycles. The van der Waals surface area contributed by atoms with E-state index in [1.807, 2.05) is 0 Å². The van der Waals surface area contributed by atoms with Crippen molar-refractivity contribution in [1.82, 2.24) is 9.88 Å². The van der Waals surface area contributed by atoms with Gasteiger partial charge in [-0.15, -0.1) is 0 Å². The zero-order valence-corrected chi connectivity index (χ0v) is 15.2. The highest BCUT2D eigenvalue weighted by Crippen LogP contribution is 2.25. The second-order valence-corrected chi connectivity index (χ2v) is 7.20. The molecule has 25 heavy (non-hydrogen) atoms. The number of amides is 1. The summed E-state index contributed by atoms with van der Waals surface area (Å²) in [6.07, 6.45) is 0. The van der Waals surface area contributed by atoms with Crippen LogP contribution in [-0.4, -0.2) is 29.1 Å². The number of methoxy groups -OCH3 is 1. The van der Waals surface area contributed by atoms with Crippen molar-refractivity contribution < 1.29 is 18.7 Å². The molecule has 1 heterocycles. The largest absolute Gasteiger partial charge is 0.467 e. The van der Waals surface area contributed by atoms with E-state index in [4.69, 9.17) is 0 Å². The lowest BCUT2D eigenvalue weighted by Crippen LogP contribution is -2.51. The molecule has 0 aliphatic heterocycles. The summed E-state index contributed by atoms with van der Waals surface area (Å²) in [5.74, 6) is -1.48. The molecule has 0 saturated heterocycles. The summed E-state index contributed by atoms with van der Waals surface area (Å²) in [4.78, 5) is 36.6. The number of nitrogens with one attached hydrogen (secondary N) is 1. The smallest absolute Gasteiger partial charge is 0.330 e. The van der Waals surface area contributed by atoms with Crippen LogP contribution in [0.1, 0.15) is 18.7 Å². The molecular weight excluding hydrogens is 347 g/mol. The minimum Gasteiger partial charge on any atom is -0.467 e. The van der Waals surface area contributed by atoms with Gasteiger partial charge in [-0.05, 0) is 50.6 Å². The van der Waals surface area contributed by atoms with E-state index in [1.165, 1.54) is 37.7 Å².